The van der Waals surface area contributed by atoms with Gasteiger partial charge in [0.2, 0.25) is 0 Å². The number of nitrogens with zero attached hydrogens (tertiary/aromatic N) is 1. The number of hydrogen-bond donors (Lipinski definition) is 2. The summed E-state index contributed by atoms with van der Waals surface area (Å²) in [6, 6.07) is 9.61. The highest BCUT2D eigenvalue weighted by Gasteiger charge is 1.98. The van der Waals surface area contributed by atoms with Crippen LogP contribution >= 0.6 is 0 Å². The number of nitrogens with one attached hydrogen (secondary N) is 1. The standard InChI is InChI=1S/C15H13N3/c16-13-5-1-3-11(9-13)6-7-14-10-12-4-2-8-17-15(12)18-14/h1,3-5,9-10H,2,8,16H2,(H,17,18). The second-order valence-electron chi connectivity index (χ2n) is 4.24. The topological polar surface area (TPSA) is 54.2 Å². The number of aromatic amines is 1. The molecule has 1 aliphatic heterocycles. The fourth-order valence-corrected chi connectivity index (χ4v) is 1.97. The highest BCUT2D eigenvalue weighted by Crippen LogP contribution is 2.04. The van der Waals surface area contributed by atoms with Gasteiger partial charge >= 0.3 is 0 Å². The molecule has 0 saturated heterocycles. The molecule has 1 aliphatic rings. The van der Waals surface area contributed by atoms with Crippen molar-refractivity contribution in [2.75, 3.05) is 12.3 Å². The van der Waals surface area contributed by atoms with Crippen LogP contribution in [0.2, 0.25) is 0 Å². The van der Waals surface area contributed by atoms with Crippen molar-refractivity contribution in [1.82, 2.24) is 4.98 Å². The lowest BCUT2D eigenvalue weighted by molar-refractivity contribution is 0.934. The SMILES string of the molecule is Nc1cccc(C#Cc2cc3c([nH]2)=NCCC=3)c1. The molecule has 0 fully saturated rings. The number of aromatic nitrogens is 1. The molecule has 0 saturated carbocycles. The van der Waals surface area contributed by atoms with Crippen molar-refractivity contribution in [3.05, 3.63) is 52.3 Å². The van der Waals surface area contributed by atoms with Crippen molar-refractivity contribution >= 4 is 11.8 Å². The third-order valence-corrected chi connectivity index (χ3v) is 2.82. The minimum atomic E-state index is 0.732. The maximum Gasteiger partial charge on any atom is 0.132 e. The van der Waals surface area contributed by atoms with Crippen molar-refractivity contribution in [3.63, 3.8) is 0 Å². The zero-order valence-corrected chi connectivity index (χ0v) is 9.90. The van der Waals surface area contributed by atoms with Crippen LogP contribution in [0.4, 0.5) is 5.69 Å². The van der Waals surface area contributed by atoms with Crippen LogP contribution in [0, 0.1) is 11.8 Å². The van der Waals surface area contributed by atoms with Gasteiger partial charge in [0.1, 0.15) is 5.49 Å². The molecule has 3 rings (SSSR count). The van der Waals surface area contributed by atoms with Crippen LogP contribution in [-0.4, -0.2) is 11.5 Å². The van der Waals surface area contributed by atoms with Crippen LogP contribution in [0.15, 0.2) is 35.3 Å². The van der Waals surface area contributed by atoms with Gasteiger partial charge in [0.05, 0.1) is 5.69 Å². The molecule has 0 amide bonds. The molecule has 0 bridgehead atoms. The van der Waals surface area contributed by atoms with Gasteiger partial charge in [0.15, 0.2) is 0 Å². The summed E-state index contributed by atoms with van der Waals surface area (Å²) >= 11 is 0. The van der Waals surface area contributed by atoms with Crippen molar-refractivity contribution in [2.24, 2.45) is 4.99 Å². The Morgan fingerprint density at radius 2 is 2.17 bits per heavy atom. The summed E-state index contributed by atoms with van der Waals surface area (Å²) in [7, 11) is 0. The molecule has 1 aromatic heterocycles. The fourth-order valence-electron chi connectivity index (χ4n) is 1.97. The third-order valence-electron chi connectivity index (χ3n) is 2.82. The van der Waals surface area contributed by atoms with Gasteiger partial charge in [0, 0.05) is 23.0 Å². The number of nitrogen functional groups attached to an aromatic ring is 1. The molecule has 0 spiro atoms. The van der Waals surface area contributed by atoms with Crippen molar-refractivity contribution in [3.8, 4) is 11.8 Å². The number of fused-ring (bicyclic) bond motifs is 1. The number of rotatable bonds is 0. The molecular weight excluding hydrogens is 222 g/mol. The van der Waals surface area contributed by atoms with Crippen LogP contribution < -0.4 is 16.4 Å². The number of benzene rings is 1. The monoisotopic (exact) mass is 235 g/mol. The number of hydrogen-bond acceptors (Lipinski definition) is 2. The minimum absolute atomic E-state index is 0.732. The molecule has 18 heavy (non-hydrogen) atoms. The lowest BCUT2D eigenvalue weighted by Gasteiger charge is -1.92. The van der Waals surface area contributed by atoms with E-state index >= 15 is 0 Å². The molecule has 0 aliphatic carbocycles. The summed E-state index contributed by atoms with van der Waals surface area (Å²) in [6.07, 6.45) is 3.19. The smallest absolute Gasteiger partial charge is 0.132 e. The quantitative estimate of drug-likeness (QED) is 0.515. The van der Waals surface area contributed by atoms with Crippen LogP contribution in [0.5, 0.6) is 0 Å². The second kappa shape index (κ2) is 4.42. The largest absolute Gasteiger partial charge is 0.399 e. The van der Waals surface area contributed by atoms with Gasteiger partial charge in [-0.25, -0.2) is 0 Å². The van der Waals surface area contributed by atoms with Crippen LogP contribution in [0.3, 0.4) is 0 Å². The summed E-state index contributed by atoms with van der Waals surface area (Å²) in [4.78, 5) is 7.62. The van der Waals surface area contributed by atoms with E-state index in [1.54, 1.807) is 0 Å². The first-order valence-corrected chi connectivity index (χ1v) is 5.92. The Morgan fingerprint density at radius 3 is 3.00 bits per heavy atom. The van der Waals surface area contributed by atoms with E-state index in [-0.39, 0.29) is 0 Å². The van der Waals surface area contributed by atoms with E-state index in [0.29, 0.717) is 0 Å². The summed E-state index contributed by atoms with van der Waals surface area (Å²) in [6.45, 7) is 0.857. The zero-order chi connectivity index (χ0) is 12.4. The van der Waals surface area contributed by atoms with Gasteiger partial charge in [-0.3, -0.25) is 4.99 Å². The van der Waals surface area contributed by atoms with Gasteiger partial charge in [-0.2, -0.15) is 0 Å². The molecule has 3 heteroatoms. The van der Waals surface area contributed by atoms with E-state index in [0.717, 1.165) is 40.6 Å². The van der Waals surface area contributed by atoms with Gasteiger partial charge in [0.25, 0.3) is 0 Å². The predicted molar refractivity (Wildman–Crippen MR) is 72.4 cm³/mol. The first-order chi connectivity index (χ1) is 8.81. The molecule has 2 aromatic rings. The lowest BCUT2D eigenvalue weighted by Crippen LogP contribution is -2.25. The number of H-pyrrole nitrogens is 1. The van der Waals surface area contributed by atoms with E-state index in [9.17, 15) is 0 Å². The average molecular weight is 235 g/mol. The van der Waals surface area contributed by atoms with E-state index in [2.05, 4.69) is 27.9 Å². The molecule has 1 aromatic carbocycles. The van der Waals surface area contributed by atoms with E-state index in [4.69, 9.17) is 5.73 Å². The summed E-state index contributed by atoms with van der Waals surface area (Å²) < 4.78 is 0. The van der Waals surface area contributed by atoms with Gasteiger partial charge in [-0.05, 0) is 36.6 Å². The molecule has 0 atom stereocenters. The molecule has 0 unspecified atom stereocenters. The fraction of sp³-hybridized carbons (Fsp3) is 0.133. The molecule has 3 N–H and O–H groups in total. The molecule has 3 nitrogen and oxygen atoms in total. The first-order valence-electron chi connectivity index (χ1n) is 5.92. The van der Waals surface area contributed by atoms with Gasteiger partial charge < -0.3 is 10.7 Å². The van der Waals surface area contributed by atoms with E-state index < -0.39 is 0 Å². The normalized spacial score (nSPS) is 12.7. The summed E-state index contributed by atoms with van der Waals surface area (Å²) in [5.74, 6) is 6.20. The van der Waals surface area contributed by atoms with E-state index in [1.807, 2.05) is 30.3 Å². The Kier molecular flexibility index (Phi) is 2.62. The number of nitrogens with two attached hydrogens (primary N) is 1. The van der Waals surface area contributed by atoms with Crippen LogP contribution in [0.25, 0.3) is 6.08 Å². The maximum absolute atomic E-state index is 5.71. The highest BCUT2D eigenvalue weighted by atomic mass is 14.9. The summed E-state index contributed by atoms with van der Waals surface area (Å²) in [5, 5.41) is 1.15. The van der Waals surface area contributed by atoms with Gasteiger partial charge in [-0.1, -0.05) is 18.1 Å². The molecule has 88 valence electrons. The van der Waals surface area contributed by atoms with Crippen LogP contribution in [-0.2, 0) is 0 Å². The zero-order valence-electron chi connectivity index (χ0n) is 9.90. The molecule has 0 radical (unpaired) electrons. The molecule has 2 heterocycles. The third kappa shape index (κ3) is 2.14. The lowest BCUT2D eigenvalue weighted by atomic mass is 10.2. The minimum Gasteiger partial charge on any atom is -0.399 e. The second-order valence-corrected chi connectivity index (χ2v) is 4.24. The predicted octanol–water partition coefficient (Wildman–Crippen LogP) is 0.800. The number of anilines is 1. The summed E-state index contributed by atoms with van der Waals surface area (Å²) in [5.41, 5.74) is 9.20. The Morgan fingerprint density at radius 1 is 1.22 bits per heavy atom. The molecular formula is C15H13N3. The van der Waals surface area contributed by atoms with Crippen molar-refractivity contribution in [1.29, 1.82) is 0 Å². The Hall–Kier alpha value is -2.47. The highest BCUT2D eigenvalue weighted by molar-refractivity contribution is 5.49. The van der Waals surface area contributed by atoms with Crippen LogP contribution in [0.1, 0.15) is 17.7 Å². The maximum atomic E-state index is 5.71. The van der Waals surface area contributed by atoms with E-state index in [1.165, 1.54) is 0 Å². The van der Waals surface area contributed by atoms with Crippen molar-refractivity contribution < 1.29 is 0 Å². The Balaban J connectivity index is 1.97. The first kappa shape index (κ1) is 10.7. The van der Waals surface area contributed by atoms with Gasteiger partial charge in [-0.15, -0.1) is 0 Å². The Labute approximate surface area is 105 Å². The Bertz CT molecular complexity index is 724. The average Bonchev–Trinajstić information content (AvgIpc) is 2.79. The van der Waals surface area contributed by atoms with Crippen molar-refractivity contribution in [2.45, 2.75) is 6.42 Å².